The van der Waals surface area contributed by atoms with Gasteiger partial charge < -0.3 is 5.32 Å². The Kier molecular flexibility index (Phi) is 3.12. The van der Waals surface area contributed by atoms with Gasteiger partial charge in [-0.3, -0.25) is 4.68 Å². The standard InChI is InChI=1S/C12H14IN3S/c1-16-6-5-12(15-16)14-9-3-2-4-10-8(9)7-11(13)17-10/h5-7,9H,2-4H2,1H3,(H,14,15). The van der Waals surface area contributed by atoms with Crippen LogP contribution in [0.2, 0.25) is 0 Å². The molecule has 0 saturated heterocycles. The predicted octanol–water partition coefficient (Wildman–Crippen LogP) is 3.58. The average molecular weight is 359 g/mol. The van der Waals surface area contributed by atoms with Crippen molar-refractivity contribution < 1.29 is 0 Å². The van der Waals surface area contributed by atoms with Gasteiger partial charge in [0.25, 0.3) is 0 Å². The van der Waals surface area contributed by atoms with Gasteiger partial charge in [-0.05, 0) is 53.5 Å². The van der Waals surface area contributed by atoms with Crippen LogP contribution in [0, 0.1) is 2.88 Å². The maximum Gasteiger partial charge on any atom is 0.148 e. The monoisotopic (exact) mass is 359 g/mol. The quantitative estimate of drug-likeness (QED) is 0.831. The minimum Gasteiger partial charge on any atom is -0.362 e. The molecule has 3 rings (SSSR count). The topological polar surface area (TPSA) is 29.9 Å². The Bertz CT molecular complexity index is 532. The third-order valence-electron chi connectivity index (χ3n) is 3.12. The molecule has 0 bridgehead atoms. The van der Waals surface area contributed by atoms with E-state index in [9.17, 15) is 0 Å². The molecule has 2 heterocycles. The highest BCUT2D eigenvalue weighted by atomic mass is 127. The van der Waals surface area contributed by atoms with Crippen LogP contribution in [-0.4, -0.2) is 9.78 Å². The lowest BCUT2D eigenvalue weighted by atomic mass is 9.94. The third kappa shape index (κ3) is 2.35. The van der Waals surface area contributed by atoms with Crippen molar-refractivity contribution in [2.24, 2.45) is 7.05 Å². The fraction of sp³-hybridized carbons (Fsp3) is 0.417. The van der Waals surface area contributed by atoms with E-state index in [2.05, 4.69) is 39.1 Å². The summed E-state index contributed by atoms with van der Waals surface area (Å²) in [6, 6.07) is 4.79. The van der Waals surface area contributed by atoms with Crippen molar-refractivity contribution in [1.82, 2.24) is 9.78 Å². The minimum atomic E-state index is 0.438. The first-order valence-electron chi connectivity index (χ1n) is 5.76. The summed E-state index contributed by atoms with van der Waals surface area (Å²) in [5, 5.41) is 7.93. The van der Waals surface area contributed by atoms with Gasteiger partial charge in [-0.15, -0.1) is 11.3 Å². The summed E-state index contributed by atoms with van der Waals surface area (Å²) in [7, 11) is 1.95. The number of hydrogen-bond donors (Lipinski definition) is 1. The second-order valence-corrected chi connectivity index (χ2v) is 7.42. The second kappa shape index (κ2) is 4.61. The van der Waals surface area contributed by atoms with Crippen LogP contribution in [-0.2, 0) is 13.5 Å². The zero-order chi connectivity index (χ0) is 11.8. The first kappa shape index (κ1) is 11.5. The molecular formula is C12H14IN3S. The molecule has 0 fully saturated rings. The zero-order valence-electron chi connectivity index (χ0n) is 9.61. The molecule has 17 heavy (non-hydrogen) atoms. The lowest BCUT2D eigenvalue weighted by molar-refractivity contribution is 0.605. The molecule has 0 aliphatic heterocycles. The number of hydrogen-bond acceptors (Lipinski definition) is 3. The van der Waals surface area contributed by atoms with Crippen LogP contribution in [0.4, 0.5) is 5.82 Å². The third-order valence-corrected chi connectivity index (χ3v) is 5.09. The van der Waals surface area contributed by atoms with E-state index in [0.717, 1.165) is 5.82 Å². The van der Waals surface area contributed by atoms with Crippen molar-refractivity contribution in [2.75, 3.05) is 5.32 Å². The maximum absolute atomic E-state index is 4.39. The van der Waals surface area contributed by atoms with Crippen LogP contribution in [0.1, 0.15) is 29.3 Å². The zero-order valence-corrected chi connectivity index (χ0v) is 12.6. The molecule has 2 aromatic rings. The summed E-state index contributed by atoms with van der Waals surface area (Å²) in [5.74, 6) is 0.978. The van der Waals surface area contributed by atoms with Crippen molar-refractivity contribution in [3.05, 3.63) is 31.7 Å². The number of fused-ring (bicyclic) bond motifs is 1. The number of halogens is 1. The molecule has 1 aliphatic carbocycles. The average Bonchev–Trinajstić information content (AvgIpc) is 2.84. The van der Waals surface area contributed by atoms with Crippen LogP contribution >= 0.6 is 33.9 Å². The molecule has 2 aromatic heterocycles. The number of rotatable bonds is 2. The number of anilines is 1. The summed E-state index contributed by atoms with van der Waals surface area (Å²) in [6.45, 7) is 0. The van der Waals surface area contributed by atoms with Crippen molar-refractivity contribution in [2.45, 2.75) is 25.3 Å². The smallest absolute Gasteiger partial charge is 0.148 e. The van der Waals surface area contributed by atoms with Crippen LogP contribution in [0.5, 0.6) is 0 Å². The molecular weight excluding hydrogens is 345 g/mol. The van der Waals surface area contributed by atoms with Gasteiger partial charge in [-0.2, -0.15) is 5.10 Å². The summed E-state index contributed by atoms with van der Waals surface area (Å²) < 4.78 is 3.23. The summed E-state index contributed by atoms with van der Waals surface area (Å²) >= 11 is 4.35. The fourth-order valence-electron chi connectivity index (χ4n) is 2.34. The molecule has 0 saturated carbocycles. The van der Waals surface area contributed by atoms with E-state index in [4.69, 9.17) is 0 Å². The molecule has 90 valence electrons. The number of aromatic nitrogens is 2. The van der Waals surface area contributed by atoms with Crippen molar-refractivity contribution in [1.29, 1.82) is 0 Å². The molecule has 1 unspecified atom stereocenters. The minimum absolute atomic E-state index is 0.438. The van der Waals surface area contributed by atoms with Crippen LogP contribution in [0.15, 0.2) is 18.3 Å². The highest BCUT2D eigenvalue weighted by molar-refractivity contribution is 14.1. The van der Waals surface area contributed by atoms with Gasteiger partial charge in [-0.25, -0.2) is 0 Å². The Labute approximate surface area is 118 Å². The molecule has 0 radical (unpaired) electrons. The number of thiophene rings is 1. The van der Waals surface area contributed by atoms with E-state index >= 15 is 0 Å². The Morgan fingerprint density at radius 3 is 3.24 bits per heavy atom. The van der Waals surface area contributed by atoms with E-state index in [1.807, 2.05) is 35.3 Å². The molecule has 0 aromatic carbocycles. The van der Waals surface area contributed by atoms with Gasteiger partial charge in [0.15, 0.2) is 0 Å². The van der Waals surface area contributed by atoms with Crippen LogP contribution < -0.4 is 5.32 Å². The number of aryl methyl sites for hydroxylation is 2. The second-order valence-electron chi connectivity index (χ2n) is 4.39. The Morgan fingerprint density at radius 2 is 2.47 bits per heavy atom. The maximum atomic E-state index is 4.39. The Hall–Kier alpha value is -0.560. The van der Waals surface area contributed by atoms with Gasteiger partial charge in [0, 0.05) is 24.2 Å². The van der Waals surface area contributed by atoms with E-state index < -0.39 is 0 Å². The van der Waals surface area contributed by atoms with E-state index in [-0.39, 0.29) is 0 Å². The molecule has 3 nitrogen and oxygen atoms in total. The Morgan fingerprint density at radius 1 is 1.59 bits per heavy atom. The Balaban J connectivity index is 1.85. The first-order valence-corrected chi connectivity index (χ1v) is 7.66. The normalized spacial score (nSPS) is 19.1. The molecule has 1 atom stereocenters. The largest absolute Gasteiger partial charge is 0.362 e. The van der Waals surface area contributed by atoms with E-state index in [0.29, 0.717) is 6.04 Å². The molecule has 5 heteroatoms. The summed E-state index contributed by atoms with van der Waals surface area (Å²) in [5.41, 5.74) is 1.48. The van der Waals surface area contributed by atoms with Crippen molar-refractivity contribution >= 4 is 39.7 Å². The van der Waals surface area contributed by atoms with Crippen LogP contribution in [0.25, 0.3) is 0 Å². The predicted molar refractivity (Wildman–Crippen MR) is 79.5 cm³/mol. The summed E-state index contributed by atoms with van der Waals surface area (Å²) in [6.07, 6.45) is 5.69. The van der Waals surface area contributed by atoms with Gasteiger partial charge >= 0.3 is 0 Å². The van der Waals surface area contributed by atoms with Gasteiger partial charge in [0.05, 0.1) is 8.93 Å². The van der Waals surface area contributed by atoms with Gasteiger partial charge in [-0.1, -0.05) is 0 Å². The highest BCUT2D eigenvalue weighted by Crippen LogP contribution is 2.37. The van der Waals surface area contributed by atoms with Gasteiger partial charge in [0.2, 0.25) is 0 Å². The number of nitrogens with one attached hydrogen (secondary N) is 1. The lowest BCUT2D eigenvalue weighted by Gasteiger charge is -2.23. The molecule has 1 aliphatic rings. The lowest BCUT2D eigenvalue weighted by Crippen LogP contribution is -2.16. The van der Waals surface area contributed by atoms with E-state index in [1.54, 1.807) is 4.88 Å². The van der Waals surface area contributed by atoms with Crippen LogP contribution in [0.3, 0.4) is 0 Å². The highest BCUT2D eigenvalue weighted by Gasteiger charge is 2.22. The summed E-state index contributed by atoms with van der Waals surface area (Å²) in [4.78, 5) is 1.55. The van der Waals surface area contributed by atoms with Crippen molar-refractivity contribution in [3.63, 3.8) is 0 Å². The first-order chi connectivity index (χ1) is 8.22. The SMILES string of the molecule is Cn1ccc(NC2CCCc3sc(I)cc32)n1. The fourth-order valence-corrected chi connectivity index (χ4v) is 4.46. The van der Waals surface area contributed by atoms with Crippen molar-refractivity contribution in [3.8, 4) is 0 Å². The number of nitrogens with zero attached hydrogens (tertiary/aromatic N) is 2. The molecule has 0 amide bonds. The van der Waals surface area contributed by atoms with E-state index in [1.165, 1.54) is 27.7 Å². The molecule has 1 N–H and O–H groups in total. The van der Waals surface area contributed by atoms with Gasteiger partial charge in [0.1, 0.15) is 5.82 Å². The molecule has 0 spiro atoms.